The second-order valence-corrected chi connectivity index (χ2v) is 7.72. The fourth-order valence-electron chi connectivity index (χ4n) is 3.79. The molecule has 1 aromatic carbocycles. The third kappa shape index (κ3) is 4.56. The first-order valence-corrected chi connectivity index (χ1v) is 10.2. The average molecular weight is 393 g/mol. The number of carbonyl (C=O) groups is 2. The topological polar surface area (TPSA) is 68.8 Å². The molecular formula is C22H27N5O2. The van der Waals surface area contributed by atoms with Crippen LogP contribution in [0.25, 0.3) is 0 Å². The summed E-state index contributed by atoms with van der Waals surface area (Å²) in [6.07, 6.45) is 3.57. The van der Waals surface area contributed by atoms with E-state index in [4.69, 9.17) is 0 Å². The number of amides is 2. The molecule has 3 heterocycles. The summed E-state index contributed by atoms with van der Waals surface area (Å²) < 4.78 is 0. The molecule has 0 atom stereocenters. The Morgan fingerprint density at radius 1 is 0.931 bits per heavy atom. The Morgan fingerprint density at radius 3 is 2.31 bits per heavy atom. The molecule has 1 N–H and O–H groups in total. The van der Waals surface area contributed by atoms with Crippen molar-refractivity contribution in [2.75, 3.05) is 56.5 Å². The van der Waals surface area contributed by atoms with Crippen molar-refractivity contribution in [2.24, 2.45) is 0 Å². The highest BCUT2D eigenvalue weighted by Crippen LogP contribution is 2.20. The van der Waals surface area contributed by atoms with Crippen molar-refractivity contribution in [1.82, 2.24) is 14.8 Å². The molecule has 0 unspecified atom stereocenters. The van der Waals surface area contributed by atoms with E-state index in [2.05, 4.69) is 27.1 Å². The Labute approximate surface area is 171 Å². The van der Waals surface area contributed by atoms with Gasteiger partial charge >= 0.3 is 0 Å². The normalized spacial score (nSPS) is 17.4. The number of benzene rings is 1. The molecule has 2 fully saturated rings. The van der Waals surface area contributed by atoms with Crippen molar-refractivity contribution >= 4 is 23.2 Å². The summed E-state index contributed by atoms with van der Waals surface area (Å²) >= 11 is 0. The van der Waals surface area contributed by atoms with Crippen molar-refractivity contribution in [3.63, 3.8) is 0 Å². The van der Waals surface area contributed by atoms with Crippen LogP contribution in [0.2, 0.25) is 0 Å². The van der Waals surface area contributed by atoms with Crippen LogP contribution in [-0.4, -0.2) is 72.9 Å². The third-order valence-electron chi connectivity index (χ3n) is 5.63. The highest BCUT2D eigenvalue weighted by molar-refractivity contribution is 6.05. The van der Waals surface area contributed by atoms with Gasteiger partial charge in [-0.1, -0.05) is 0 Å². The quantitative estimate of drug-likeness (QED) is 0.863. The maximum absolute atomic E-state index is 12.7. The van der Waals surface area contributed by atoms with Gasteiger partial charge < -0.3 is 20.0 Å². The predicted molar refractivity (Wildman–Crippen MR) is 113 cm³/mol. The number of carbonyl (C=O) groups excluding carboxylic acids is 2. The molecule has 2 aromatic rings. The summed E-state index contributed by atoms with van der Waals surface area (Å²) in [5, 5.41) is 2.91. The molecule has 0 aliphatic carbocycles. The summed E-state index contributed by atoms with van der Waals surface area (Å²) in [7, 11) is 2.14. The fourth-order valence-corrected chi connectivity index (χ4v) is 3.79. The zero-order valence-electron chi connectivity index (χ0n) is 16.8. The molecule has 7 nitrogen and oxygen atoms in total. The van der Waals surface area contributed by atoms with Gasteiger partial charge in [0.2, 0.25) is 0 Å². The molecule has 4 rings (SSSR count). The van der Waals surface area contributed by atoms with E-state index in [0.29, 0.717) is 11.3 Å². The maximum atomic E-state index is 12.7. The van der Waals surface area contributed by atoms with Gasteiger partial charge in [-0.2, -0.15) is 0 Å². The van der Waals surface area contributed by atoms with E-state index >= 15 is 0 Å². The molecule has 7 heteroatoms. The van der Waals surface area contributed by atoms with E-state index in [1.54, 1.807) is 17.0 Å². The minimum Gasteiger partial charge on any atom is -0.369 e. The highest BCUT2D eigenvalue weighted by Gasteiger charge is 2.21. The number of likely N-dealkylation sites (tertiary alicyclic amines) is 1. The Balaban J connectivity index is 1.40. The predicted octanol–water partition coefficient (Wildman–Crippen LogP) is 2.32. The summed E-state index contributed by atoms with van der Waals surface area (Å²) in [5.41, 5.74) is 2.66. The average Bonchev–Trinajstić information content (AvgIpc) is 3.29. The molecule has 0 saturated carbocycles. The number of nitrogens with zero attached hydrogens (tertiary/aromatic N) is 4. The first kappa shape index (κ1) is 19.4. The van der Waals surface area contributed by atoms with E-state index in [9.17, 15) is 9.59 Å². The molecule has 0 spiro atoms. The molecule has 152 valence electrons. The summed E-state index contributed by atoms with van der Waals surface area (Å²) in [6.45, 7) is 5.64. The number of rotatable bonds is 4. The second kappa shape index (κ2) is 8.61. The number of anilines is 2. The van der Waals surface area contributed by atoms with E-state index in [1.165, 1.54) is 11.9 Å². The lowest BCUT2D eigenvalue weighted by atomic mass is 10.2. The first-order valence-electron chi connectivity index (χ1n) is 10.2. The number of nitrogens with one attached hydrogen (secondary N) is 1. The zero-order valence-corrected chi connectivity index (χ0v) is 16.8. The van der Waals surface area contributed by atoms with Crippen LogP contribution in [0.15, 0.2) is 42.6 Å². The van der Waals surface area contributed by atoms with Crippen LogP contribution in [0, 0.1) is 0 Å². The zero-order chi connectivity index (χ0) is 20.2. The van der Waals surface area contributed by atoms with Gasteiger partial charge in [-0.15, -0.1) is 0 Å². The van der Waals surface area contributed by atoms with Gasteiger partial charge in [-0.3, -0.25) is 14.6 Å². The Kier molecular flexibility index (Phi) is 5.76. The first-order chi connectivity index (χ1) is 14.1. The van der Waals surface area contributed by atoms with Crippen LogP contribution < -0.4 is 10.2 Å². The number of hydrogen-bond acceptors (Lipinski definition) is 5. The van der Waals surface area contributed by atoms with Crippen LogP contribution in [0.4, 0.5) is 11.4 Å². The van der Waals surface area contributed by atoms with Gasteiger partial charge in [0.15, 0.2) is 0 Å². The standard InChI is InChI=1S/C22H27N5O2/c1-25-12-14-26(15-13-25)19-6-4-18(5-7-19)24-21(28)17-8-9-23-20(16-17)22(29)27-10-2-3-11-27/h4-9,16H,2-3,10-15H2,1H3,(H,24,28). The molecule has 2 saturated heterocycles. The Morgan fingerprint density at radius 2 is 1.62 bits per heavy atom. The number of likely N-dealkylation sites (N-methyl/N-ethyl adjacent to an activating group) is 1. The lowest BCUT2D eigenvalue weighted by molar-refractivity contribution is 0.0787. The van der Waals surface area contributed by atoms with Gasteiger partial charge in [-0.25, -0.2) is 0 Å². The molecule has 2 aliphatic heterocycles. The van der Waals surface area contributed by atoms with Crippen molar-refractivity contribution < 1.29 is 9.59 Å². The number of aromatic nitrogens is 1. The molecule has 1 aromatic heterocycles. The van der Waals surface area contributed by atoms with E-state index in [-0.39, 0.29) is 11.8 Å². The monoisotopic (exact) mass is 393 g/mol. The van der Waals surface area contributed by atoms with Gasteiger partial charge in [-0.05, 0) is 56.3 Å². The number of pyridine rings is 1. The minimum atomic E-state index is -0.241. The molecule has 2 amide bonds. The maximum Gasteiger partial charge on any atom is 0.272 e. The summed E-state index contributed by atoms with van der Waals surface area (Å²) in [6, 6.07) is 11.1. The third-order valence-corrected chi connectivity index (χ3v) is 5.63. The van der Waals surface area contributed by atoms with Crippen LogP contribution in [0.1, 0.15) is 33.7 Å². The van der Waals surface area contributed by atoms with Crippen molar-refractivity contribution in [3.8, 4) is 0 Å². The second-order valence-electron chi connectivity index (χ2n) is 7.72. The van der Waals surface area contributed by atoms with Gasteiger partial charge in [0.05, 0.1) is 0 Å². The molecule has 0 radical (unpaired) electrons. The van der Waals surface area contributed by atoms with Crippen LogP contribution in [0.5, 0.6) is 0 Å². The van der Waals surface area contributed by atoms with Gasteiger partial charge in [0.25, 0.3) is 11.8 Å². The van der Waals surface area contributed by atoms with Gasteiger partial charge in [0, 0.05) is 62.4 Å². The smallest absolute Gasteiger partial charge is 0.272 e. The van der Waals surface area contributed by atoms with Crippen LogP contribution in [0.3, 0.4) is 0 Å². The largest absolute Gasteiger partial charge is 0.369 e. The van der Waals surface area contributed by atoms with Crippen molar-refractivity contribution in [1.29, 1.82) is 0 Å². The Hall–Kier alpha value is -2.93. The highest BCUT2D eigenvalue weighted by atomic mass is 16.2. The minimum absolute atomic E-state index is 0.103. The molecule has 0 bridgehead atoms. The SMILES string of the molecule is CN1CCN(c2ccc(NC(=O)c3ccnc(C(=O)N4CCCC4)c3)cc2)CC1. The molecule has 29 heavy (non-hydrogen) atoms. The van der Waals surface area contributed by atoms with Crippen molar-refractivity contribution in [2.45, 2.75) is 12.8 Å². The van der Waals surface area contributed by atoms with E-state index in [0.717, 1.165) is 57.8 Å². The lowest BCUT2D eigenvalue weighted by Crippen LogP contribution is -2.44. The van der Waals surface area contributed by atoms with E-state index in [1.807, 2.05) is 24.3 Å². The number of piperazine rings is 1. The summed E-state index contributed by atoms with van der Waals surface area (Å²) in [4.78, 5) is 35.8. The van der Waals surface area contributed by atoms with Crippen LogP contribution in [-0.2, 0) is 0 Å². The van der Waals surface area contributed by atoms with Gasteiger partial charge in [0.1, 0.15) is 5.69 Å². The summed E-state index contributed by atoms with van der Waals surface area (Å²) in [5.74, 6) is -0.344. The van der Waals surface area contributed by atoms with E-state index < -0.39 is 0 Å². The van der Waals surface area contributed by atoms with Crippen molar-refractivity contribution in [3.05, 3.63) is 53.9 Å². The van der Waals surface area contributed by atoms with Crippen LogP contribution >= 0.6 is 0 Å². The molecule has 2 aliphatic rings. The lowest BCUT2D eigenvalue weighted by Gasteiger charge is -2.34. The number of hydrogen-bond donors (Lipinski definition) is 1. The Bertz CT molecular complexity index is 869. The fraction of sp³-hybridized carbons (Fsp3) is 0.409. The molecular weight excluding hydrogens is 366 g/mol.